The van der Waals surface area contributed by atoms with Gasteiger partial charge in [0.25, 0.3) is 0 Å². The van der Waals surface area contributed by atoms with Crippen LogP contribution in [0.25, 0.3) is 0 Å². The fraction of sp³-hybridized carbons (Fsp3) is 0.500. The molecule has 1 spiro atoms. The Hall–Kier alpha value is -2.53. The molecule has 0 saturated carbocycles. The minimum absolute atomic E-state index is 0. The smallest absolute Gasteiger partial charge is 0.165 e. The Balaban J connectivity index is 0.000000221. The molecular weight excluding hydrogens is 512 g/mol. The van der Waals surface area contributed by atoms with Crippen molar-refractivity contribution in [3.63, 3.8) is 0 Å². The number of likely N-dealkylation sites (N-methyl/N-ethyl adjacent to an activating group) is 1. The SMILES string of the molecule is COc1ccc2c3c1O[C@H]1[C@@H](O)C=C[C@H]4[C@@H](C2)N(C)CC[C@@]341.COc1ccccc1OCC(O)CO.Cl.N. The molecule has 2 aromatic rings. The fourth-order valence-electron chi connectivity index (χ4n) is 6.37. The second-order valence-corrected chi connectivity index (χ2v) is 9.91. The Labute approximate surface area is 230 Å². The van der Waals surface area contributed by atoms with Gasteiger partial charge >= 0.3 is 0 Å². The molecule has 2 bridgehead atoms. The Bertz CT molecular complexity index is 1130. The molecule has 6 atom stereocenters. The summed E-state index contributed by atoms with van der Waals surface area (Å²) in [6.07, 6.45) is 4.67. The Morgan fingerprint density at radius 3 is 2.47 bits per heavy atom. The third-order valence-electron chi connectivity index (χ3n) is 8.07. The van der Waals surface area contributed by atoms with E-state index in [-0.39, 0.29) is 43.3 Å². The lowest BCUT2D eigenvalue weighted by Crippen LogP contribution is -2.64. The number of likely N-dealkylation sites (tertiary alicyclic amines) is 1. The lowest BCUT2D eigenvalue weighted by Gasteiger charge is -2.56. The molecule has 2 aromatic carbocycles. The van der Waals surface area contributed by atoms with Crippen molar-refractivity contribution < 1.29 is 34.3 Å². The molecule has 2 aliphatic heterocycles. The molecule has 10 heteroatoms. The number of para-hydroxylation sites is 2. The standard InChI is InChI=1S/C18H21NO3.C10H14O4.ClH.H3N/c1-19-8-7-18-11-4-5-13(20)17(18)22-16-14(21-2)6-3-10(15(16)18)9-12(11)19;1-13-9-4-2-3-5-10(9)14-7-8(12)6-11;;/h3-6,11-13,17,20H,7-9H2,1-2H3;2-5,8,11-12H,6-7H2,1H3;1H;1H3/t11-,12+,13-,17-,18-;;;/m0.../s1. The number of rotatable bonds is 6. The van der Waals surface area contributed by atoms with E-state index in [0.717, 1.165) is 30.9 Å². The third-order valence-corrected chi connectivity index (χ3v) is 8.07. The zero-order chi connectivity index (χ0) is 25.4. The lowest BCUT2D eigenvalue weighted by atomic mass is 9.53. The molecule has 2 heterocycles. The second-order valence-electron chi connectivity index (χ2n) is 9.91. The van der Waals surface area contributed by atoms with E-state index in [4.69, 9.17) is 29.2 Å². The average Bonchev–Trinajstić information content (AvgIpc) is 3.26. The van der Waals surface area contributed by atoms with Crippen LogP contribution in [-0.4, -0.2) is 85.6 Å². The molecule has 0 amide bonds. The summed E-state index contributed by atoms with van der Waals surface area (Å²) in [6.45, 7) is 0.795. The summed E-state index contributed by atoms with van der Waals surface area (Å²) in [5, 5.41) is 28.2. The van der Waals surface area contributed by atoms with E-state index in [1.807, 2.05) is 24.3 Å². The zero-order valence-electron chi connectivity index (χ0n) is 22.1. The first-order chi connectivity index (χ1) is 17.4. The molecule has 4 aliphatic rings. The number of hydrogen-bond donors (Lipinski definition) is 4. The van der Waals surface area contributed by atoms with Crippen LogP contribution in [0.3, 0.4) is 0 Å². The van der Waals surface area contributed by atoms with Crippen molar-refractivity contribution >= 4 is 12.4 Å². The molecule has 9 nitrogen and oxygen atoms in total. The van der Waals surface area contributed by atoms with Crippen LogP contribution in [0.2, 0.25) is 0 Å². The first kappa shape index (κ1) is 30.0. The number of hydrogen-bond acceptors (Lipinski definition) is 9. The summed E-state index contributed by atoms with van der Waals surface area (Å²) in [4.78, 5) is 2.47. The van der Waals surface area contributed by atoms with E-state index in [1.54, 1.807) is 26.4 Å². The summed E-state index contributed by atoms with van der Waals surface area (Å²) < 4.78 is 22.1. The van der Waals surface area contributed by atoms with Crippen LogP contribution in [0.15, 0.2) is 48.6 Å². The Morgan fingerprint density at radius 1 is 1.08 bits per heavy atom. The van der Waals surface area contributed by atoms with Gasteiger partial charge in [-0.05, 0) is 50.2 Å². The average molecular weight is 551 g/mol. The fourth-order valence-corrected chi connectivity index (χ4v) is 6.37. The molecule has 1 saturated heterocycles. The van der Waals surface area contributed by atoms with Crippen molar-refractivity contribution in [1.29, 1.82) is 0 Å². The summed E-state index contributed by atoms with van der Waals surface area (Å²) in [6, 6.07) is 11.8. The van der Waals surface area contributed by atoms with Crippen molar-refractivity contribution in [3.8, 4) is 23.0 Å². The van der Waals surface area contributed by atoms with Crippen molar-refractivity contribution in [2.24, 2.45) is 5.92 Å². The number of methoxy groups -OCH3 is 2. The van der Waals surface area contributed by atoms with Crippen molar-refractivity contribution in [2.45, 2.75) is 42.6 Å². The lowest BCUT2D eigenvalue weighted by molar-refractivity contribution is -0.0453. The highest BCUT2D eigenvalue weighted by molar-refractivity contribution is 5.85. The van der Waals surface area contributed by atoms with Crippen molar-refractivity contribution in [1.82, 2.24) is 11.1 Å². The van der Waals surface area contributed by atoms with Gasteiger partial charge in [0.2, 0.25) is 0 Å². The second kappa shape index (κ2) is 12.1. The topological polar surface area (TPSA) is 136 Å². The molecule has 38 heavy (non-hydrogen) atoms. The van der Waals surface area contributed by atoms with Crippen LogP contribution in [0.1, 0.15) is 17.5 Å². The molecule has 0 radical (unpaired) electrons. The number of piperidine rings is 1. The van der Waals surface area contributed by atoms with Gasteiger partial charge in [-0.2, -0.15) is 0 Å². The maximum absolute atomic E-state index is 10.6. The maximum Gasteiger partial charge on any atom is 0.165 e. The van der Waals surface area contributed by atoms with E-state index in [0.29, 0.717) is 23.5 Å². The van der Waals surface area contributed by atoms with Gasteiger partial charge in [0.15, 0.2) is 23.0 Å². The van der Waals surface area contributed by atoms with E-state index < -0.39 is 12.2 Å². The quantitative estimate of drug-likeness (QED) is 0.400. The van der Waals surface area contributed by atoms with Gasteiger partial charge in [0.1, 0.15) is 24.9 Å². The maximum atomic E-state index is 10.6. The van der Waals surface area contributed by atoms with Crippen molar-refractivity contribution in [3.05, 3.63) is 59.7 Å². The summed E-state index contributed by atoms with van der Waals surface area (Å²) >= 11 is 0. The van der Waals surface area contributed by atoms with Gasteiger partial charge in [0, 0.05) is 22.9 Å². The van der Waals surface area contributed by atoms with Crippen LogP contribution in [0.5, 0.6) is 23.0 Å². The molecular formula is C28H39ClN2O7. The first-order valence-electron chi connectivity index (χ1n) is 12.4. The molecule has 1 fully saturated rings. The van der Waals surface area contributed by atoms with Gasteiger partial charge in [-0.15, -0.1) is 12.4 Å². The van der Waals surface area contributed by atoms with E-state index in [1.165, 1.54) is 11.1 Å². The predicted octanol–water partition coefficient (Wildman–Crippen LogP) is 2.51. The van der Waals surface area contributed by atoms with Gasteiger partial charge in [-0.25, -0.2) is 0 Å². The number of nitrogens with zero attached hydrogens (tertiary/aromatic N) is 1. The van der Waals surface area contributed by atoms with Crippen molar-refractivity contribution in [2.75, 3.05) is 41.0 Å². The highest BCUT2D eigenvalue weighted by Gasteiger charge is 2.64. The first-order valence-corrected chi connectivity index (χ1v) is 12.4. The van der Waals surface area contributed by atoms with Crippen LogP contribution in [-0.2, 0) is 11.8 Å². The van der Waals surface area contributed by atoms with E-state index >= 15 is 0 Å². The highest BCUT2D eigenvalue weighted by atomic mass is 35.5. The number of aliphatic hydroxyl groups excluding tert-OH is 3. The monoisotopic (exact) mass is 550 g/mol. The highest BCUT2D eigenvalue weighted by Crippen LogP contribution is 2.62. The van der Waals surface area contributed by atoms with Gasteiger partial charge in [-0.3, -0.25) is 0 Å². The number of ether oxygens (including phenoxy) is 4. The summed E-state index contributed by atoms with van der Waals surface area (Å²) in [7, 11) is 5.45. The van der Waals surface area contributed by atoms with Crippen LogP contribution in [0, 0.1) is 5.92 Å². The van der Waals surface area contributed by atoms with Gasteiger partial charge in [-0.1, -0.05) is 30.4 Å². The molecule has 1 unspecified atom stereocenters. The van der Waals surface area contributed by atoms with Crippen LogP contribution in [0.4, 0.5) is 0 Å². The van der Waals surface area contributed by atoms with Gasteiger partial charge < -0.3 is 45.3 Å². The molecule has 6 N–H and O–H groups in total. The number of benzene rings is 2. The zero-order valence-corrected chi connectivity index (χ0v) is 22.9. The summed E-state index contributed by atoms with van der Waals surface area (Å²) in [5.41, 5.74) is 2.60. The Morgan fingerprint density at radius 2 is 1.79 bits per heavy atom. The summed E-state index contributed by atoms with van der Waals surface area (Å²) in [5.74, 6) is 3.26. The van der Waals surface area contributed by atoms with Crippen LogP contribution >= 0.6 is 12.4 Å². The largest absolute Gasteiger partial charge is 0.493 e. The molecule has 0 aromatic heterocycles. The normalized spacial score (nSPS) is 28.3. The third kappa shape index (κ3) is 4.83. The predicted molar refractivity (Wildman–Crippen MR) is 146 cm³/mol. The van der Waals surface area contributed by atoms with Gasteiger partial charge in [0.05, 0.1) is 20.8 Å². The molecule has 6 rings (SSSR count). The van der Waals surface area contributed by atoms with E-state index in [9.17, 15) is 5.11 Å². The number of halogens is 1. The van der Waals surface area contributed by atoms with E-state index in [2.05, 4.69) is 24.1 Å². The minimum Gasteiger partial charge on any atom is -0.493 e. The molecule has 210 valence electrons. The minimum atomic E-state index is -0.861. The molecule has 2 aliphatic carbocycles. The number of aliphatic hydroxyl groups is 3. The Kier molecular flexibility index (Phi) is 9.57. The van der Waals surface area contributed by atoms with Crippen LogP contribution < -0.4 is 25.1 Å².